The maximum atomic E-state index is 11.8. The molecule has 0 aliphatic heterocycles. The lowest BCUT2D eigenvalue weighted by Gasteiger charge is -2.18. The number of carbonyl (C=O) groups is 2. The van der Waals surface area contributed by atoms with Gasteiger partial charge in [0.25, 0.3) is 0 Å². The van der Waals surface area contributed by atoms with Gasteiger partial charge in [0.1, 0.15) is 11.6 Å². The van der Waals surface area contributed by atoms with E-state index in [-0.39, 0.29) is 35.9 Å². The Morgan fingerprint density at radius 3 is 2.36 bits per heavy atom. The second-order valence-corrected chi connectivity index (χ2v) is 4.37. The summed E-state index contributed by atoms with van der Waals surface area (Å²) in [4.78, 5) is 23.3. The lowest BCUT2D eigenvalue weighted by molar-refractivity contribution is -0.132. The normalized spacial score (nSPS) is 26.9. The molecule has 14 heavy (non-hydrogen) atoms. The summed E-state index contributed by atoms with van der Waals surface area (Å²) in [5.41, 5.74) is 5.33. The molecule has 0 saturated heterocycles. The van der Waals surface area contributed by atoms with Gasteiger partial charge in [-0.2, -0.15) is 0 Å². The summed E-state index contributed by atoms with van der Waals surface area (Å²) in [5.74, 6) is 0.183. The molecule has 2 N–H and O–H groups in total. The minimum Gasteiger partial charge on any atom is -0.324 e. The van der Waals surface area contributed by atoms with Gasteiger partial charge in [-0.15, -0.1) is 0 Å². The summed E-state index contributed by atoms with van der Waals surface area (Å²) in [6.07, 6.45) is 2.70. The van der Waals surface area contributed by atoms with Crippen LogP contribution in [0.15, 0.2) is 0 Å². The van der Waals surface area contributed by atoms with Crippen LogP contribution in [0.25, 0.3) is 0 Å². The molecule has 0 amide bonds. The molecule has 1 aliphatic rings. The first kappa shape index (κ1) is 11.4. The number of ketones is 2. The maximum absolute atomic E-state index is 11.8. The van der Waals surface area contributed by atoms with Crippen molar-refractivity contribution < 1.29 is 9.59 Å². The third-order valence-corrected chi connectivity index (χ3v) is 3.07. The number of hydrogen-bond acceptors (Lipinski definition) is 3. The smallest absolute Gasteiger partial charge is 0.150 e. The quantitative estimate of drug-likeness (QED) is 0.735. The predicted molar refractivity (Wildman–Crippen MR) is 54.7 cm³/mol. The van der Waals surface area contributed by atoms with Gasteiger partial charge >= 0.3 is 0 Å². The van der Waals surface area contributed by atoms with Gasteiger partial charge in [0.05, 0.1) is 6.54 Å². The molecule has 1 saturated carbocycles. The summed E-state index contributed by atoms with van der Waals surface area (Å²) in [6, 6.07) is 0. The van der Waals surface area contributed by atoms with Crippen LogP contribution in [-0.4, -0.2) is 18.1 Å². The summed E-state index contributed by atoms with van der Waals surface area (Å²) < 4.78 is 0. The van der Waals surface area contributed by atoms with Crippen molar-refractivity contribution in [1.29, 1.82) is 0 Å². The van der Waals surface area contributed by atoms with Gasteiger partial charge in [0.2, 0.25) is 0 Å². The molecule has 1 rings (SSSR count). The molecule has 3 heteroatoms. The van der Waals surface area contributed by atoms with E-state index in [1.54, 1.807) is 0 Å². The number of rotatable bonds is 4. The van der Waals surface area contributed by atoms with Crippen LogP contribution in [0.1, 0.15) is 33.1 Å². The molecule has 0 heterocycles. The Balaban J connectivity index is 2.68. The molecule has 1 fully saturated rings. The van der Waals surface area contributed by atoms with Crippen molar-refractivity contribution in [3.05, 3.63) is 0 Å². The second-order valence-electron chi connectivity index (χ2n) is 4.37. The fourth-order valence-corrected chi connectivity index (χ4v) is 2.27. The zero-order valence-corrected chi connectivity index (χ0v) is 8.95. The van der Waals surface area contributed by atoms with Crippen molar-refractivity contribution >= 4 is 11.6 Å². The number of nitrogens with two attached hydrogens (primary N) is 1. The maximum Gasteiger partial charge on any atom is 0.150 e. The molecular formula is C11H19NO2. The van der Waals surface area contributed by atoms with E-state index in [1.165, 1.54) is 0 Å². The van der Waals surface area contributed by atoms with E-state index in [0.717, 1.165) is 19.3 Å². The highest BCUT2D eigenvalue weighted by Crippen LogP contribution is 2.34. The Morgan fingerprint density at radius 1 is 1.29 bits per heavy atom. The Kier molecular flexibility index (Phi) is 3.81. The first-order valence-electron chi connectivity index (χ1n) is 5.34. The van der Waals surface area contributed by atoms with Gasteiger partial charge in [-0.1, -0.05) is 20.3 Å². The van der Waals surface area contributed by atoms with E-state index in [0.29, 0.717) is 0 Å². The van der Waals surface area contributed by atoms with Gasteiger partial charge in [0.15, 0.2) is 0 Å². The van der Waals surface area contributed by atoms with Crippen LogP contribution in [0.3, 0.4) is 0 Å². The van der Waals surface area contributed by atoms with Crippen LogP contribution < -0.4 is 5.73 Å². The Bertz CT molecular complexity index is 235. The minimum absolute atomic E-state index is 0.0335. The van der Waals surface area contributed by atoms with Gasteiger partial charge in [-0.3, -0.25) is 9.59 Å². The van der Waals surface area contributed by atoms with E-state index < -0.39 is 0 Å². The zero-order valence-electron chi connectivity index (χ0n) is 8.95. The average molecular weight is 197 g/mol. The summed E-state index contributed by atoms with van der Waals surface area (Å²) in [5, 5.41) is 0. The predicted octanol–water partition coefficient (Wildman–Crippen LogP) is 1.16. The molecular weight excluding hydrogens is 178 g/mol. The van der Waals surface area contributed by atoms with E-state index in [9.17, 15) is 9.59 Å². The highest BCUT2D eigenvalue weighted by Gasteiger charge is 2.37. The Morgan fingerprint density at radius 2 is 1.86 bits per heavy atom. The molecule has 1 aliphatic carbocycles. The van der Waals surface area contributed by atoms with Crippen LogP contribution in [0, 0.1) is 17.8 Å². The van der Waals surface area contributed by atoms with Gasteiger partial charge in [0, 0.05) is 17.8 Å². The van der Waals surface area contributed by atoms with Gasteiger partial charge < -0.3 is 5.73 Å². The highest BCUT2D eigenvalue weighted by molar-refractivity contribution is 5.91. The summed E-state index contributed by atoms with van der Waals surface area (Å²) in [6.45, 7) is 3.86. The number of Topliss-reactive ketones (excluding diaryl/α,β-unsaturated/α-hetero) is 2. The van der Waals surface area contributed by atoms with Crippen LogP contribution >= 0.6 is 0 Å². The van der Waals surface area contributed by atoms with E-state index in [2.05, 4.69) is 0 Å². The molecule has 2 unspecified atom stereocenters. The average Bonchev–Trinajstić information content (AvgIpc) is 2.63. The lowest BCUT2D eigenvalue weighted by atomic mass is 9.84. The fraction of sp³-hybridized carbons (Fsp3) is 0.818. The molecule has 3 nitrogen and oxygen atoms in total. The van der Waals surface area contributed by atoms with Crippen LogP contribution in [-0.2, 0) is 9.59 Å². The Hall–Kier alpha value is -0.700. The Labute approximate surface area is 85.0 Å². The van der Waals surface area contributed by atoms with Crippen LogP contribution in [0.2, 0.25) is 0 Å². The minimum atomic E-state index is -0.0881. The first-order chi connectivity index (χ1) is 6.57. The molecule has 0 radical (unpaired) electrons. The molecule has 0 spiro atoms. The molecule has 2 atom stereocenters. The second kappa shape index (κ2) is 4.69. The topological polar surface area (TPSA) is 60.2 Å². The van der Waals surface area contributed by atoms with E-state index in [1.807, 2.05) is 13.8 Å². The summed E-state index contributed by atoms with van der Waals surface area (Å²) >= 11 is 0. The summed E-state index contributed by atoms with van der Waals surface area (Å²) in [7, 11) is 0. The van der Waals surface area contributed by atoms with Crippen LogP contribution in [0.5, 0.6) is 0 Å². The largest absolute Gasteiger partial charge is 0.324 e. The lowest BCUT2D eigenvalue weighted by Crippen LogP contribution is -2.31. The van der Waals surface area contributed by atoms with Crippen molar-refractivity contribution in [1.82, 2.24) is 0 Å². The van der Waals surface area contributed by atoms with E-state index >= 15 is 0 Å². The fourth-order valence-electron chi connectivity index (χ4n) is 2.27. The van der Waals surface area contributed by atoms with Crippen molar-refractivity contribution in [2.24, 2.45) is 23.5 Å². The van der Waals surface area contributed by atoms with Gasteiger partial charge in [-0.25, -0.2) is 0 Å². The monoisotopic (exact) mass is 197 g/mol. The van der Waals surface area contributed by atoms with Crippen molar-refractivity contribution in [3.8, 4) is 0 Å². The molecule has 0 aromatic carbocycles. The van der Waals surface area contributed by atoms with Crippen LogP contribution in [0.4, 0.5) is 0 Å². The molecule has 0 bridgehead atoms. The zero-order chi connectivity index (χ0) is 10.7. The van der Waals surface area contributed by atoms with Crippen molar-refractivity contribution in [2.75, 3.05) is 6.54 Å². The third-order valence-electron chi connectivity index (χ3n) is 3.07. The van der Waals surface area contributed by atoms with Crippen molar-refractivity contribution in [3.63, 3.8) is 0 Å². The van der Waals surface area contributed by atoms with E-state index in [4.69, 9.17) is 5.73 Å². The first-order valence-corrected chi connectivity index (χ1v) is 5.34. The standard InChI is InChI=1S/C11H19NO2/c1-7(2)11(14)9-5-3-4-8(9)10(13)6-12/h7-9H,3-6,12H2,1-2H3. The SMILES string of the molecule is CC(C)C(=O)C1CCCC1C(=O)CN. The van der Waals surface area contributed by atoms with Gasteiger partial charge in [-0.05, 0) is 12.8 Å². The molecule has 0 aromatic heterocycles. The highest BCUT2D eigenvalue weighted by atomic mass is 16.1. The number of hydrogen-bond donors (Lipinski definition) is 1. The molecule has 0 aromatic rings. The number of carbonyl (C=O) groups excluding carboxylic acids is 2. The third kappa shape index (κ3) is 2.21. The molecule has 80 valence electrons. The van der Waals surface area contributed by atoms with Crippen molar-refractivity contribution in [2.45, 2.75) is 33.1 Å².